The molecule has 1 unspecified atom stereocenters. The molecule has 0 aromatic heterocycles. The summed E-state index contributed by atoms with van der Waals surface area (Å²) in [4.78, 5) is 12.9. The lowest BCUT2D eigenvalue weighted by molar-refractivity contribution is -0.137. The van der Waals surface area contributed by atoms with E-state index in [0.717, 1.165) is 5.56 Å². The summed E-state index contributed by atoms with van der Waals surface area (Å²) in [6, 6.07) is 6.01. The number of halogens is 2. The van der Waals surface area contributed by atoms with E-state index < -0.39 is 5.97 Å². The van der Waals surface area contributed by atoms with Crippen LogP contribution in [0.2, 0.25) is 10.0 Å². The van der Waals surface area contributed by atoms with E-state index in [-0.39, 0.29) is 12.5 Å². The van der Waals surface area contributed by atoms with Crippen molar-refractivity contribution < 1.29 is 9.90 Å². The second-order valence-corrected chi connectivity index (χ2v) is 5.93. The van der Waals surface area contributed by atoms with E-state index in [1.807, 2.05) is 12.1 Å². The van der Waals surface area contributed by atoms with Crippen LogP contribution in [-0.4, -0.2) is 28.6 Å². The Morgan fingerprint density at radius 3 is 2.50 bits per heavy atom. The fourth-order valence-corrected chi connectivity index (χ4v) is 2.80. The lowest BCUT2D eigenvalue weighted by Crippen LogP contribution is -2.34. The van der Waals surface area contributed by atoms with Crippen molar-refractivity contribution in [1.82, 2.24) is 4.90 Å². The first-order valence-corrected chi connectivity index (χ1v) is 7.51. The Hall–Kier alpha value is -0.770. The van der Waals surface area contributed by atoms with E-state index in [1.54, 1.807) is 6.07 Å². The molecule has 0 aliphatic carbocycles. The van der Waals surface area contributed by atoms with Gasteiger partial charge in [0.1, 0.15) is 0 Å². The fraction of sp³-hybridized carbons (Fsp3) is 0.533. The number of carbonyl (C=O) groups is 1. The van der Waals surface area contributed by atoms with Crippen molar-refractivity contribution in [2.24, 2.45) is 0 Å². The van der Waals surface area contributed by atoms with E-state index in [4.69, 9.17) is 28.3 Å². The van der Waals surface area contributed by atoms with E-state index in [1.165, 1.54) is 0 Å². The zero-order valence-corrected chi connectivity index (χ0v) is 13.6. The van der Waals surface area contributed by atoms with E-state index in [2.05, 4.69) is 25.7 Å². The first kappa shape index (κ1) is 17.3. The molecule has 0 aliphatic rings. The Bertz CT molecular complexity index is 463. The van der Waals surface area contributed by atoms with Gasteiger partial charge in [0.25, 0.3) is 0 Å². The number of hydrogen-bond donors (Lipinski definition) is 1. The second kappa shape index (κ2) is 7.87. The molecule has 20 heavy (non-hydrogen) atoms. The molecule has 1 aromatic rings. The first-order valence-electron chi connectivity index (χ1n) is 6.76. The van der Waals surface area contributed by atoms with Crippen LogP contribution < -0.4 is 0 Å². The maximum atomic E-state index is 10.6. The number of benzene rings is 1. The number of carboxylic acid groups (broad SMARTS) is 1. The standard InChI is InChI=1S/C15H21Cl2NO2/c1-10(2)18(9-5-8-14(19)20)11(3)12-6-4-7-13(16)15(12)17/h4,6-7,10-11H,5,8-9H2,1-3H3,(H,19,20). The highest BCUT2D eigenvalue weighted by molar-refractivity contribution is 6.42. The van der Waals surface area contributed by atoms with Gasteiger partial charge in [-0.25, -0.2) is 0 Å². The average Bonchev–Trinajstić information content (AvgIpc) is 2.36. The monoisotopic (exact) mass is 317 g/mol. The van der Waals surface area contributed by atoms with Crippen molar-refractivity contribution >= 4 is 29.2 Å². The molecule has 0 aliphatic heterocycles. The molecule has 1 atom stereocenters. The quantitative estimate of drug-likeness (QED) is 0.797. The number of rotatable bonds is 7. The minimum Gasteiger partial charge on any atom is -0.481 e. The maximum absolute atomic E-state index is 10.6. The van der Waals surface area contributed by atoms with Crippen LogP contribution in [0.1, 0.15) is 45.2 Å². The van der Waals surface area contributed by atoms with Crippen LogP contribution in [0.4, 0.5) is 0 Å². The zero-order chi connectivity index (χ0) is 15.3. The molecule has 0 saturated heterocycles. The van der Waals surface area contributed by atoms with Gasteiger partial charge in [-0.05, 0) is 45.4 Å². The van der Waals surface area contributed by atoms with Crippen molar-refractivity contribution in [3.8, 4) is 0 Å². The molecule has 1 N–H and O–H groups in total. The third kappa shape index (κ3) is 4.65. The minimum absolute atomic E-state index is 0.0926. The topological polar surface area (TPSA) is 40.5 Å². The van der Waals surface area contributed by atoms with Gasteiger partial charge < -0.3 is 5.11 Å². The Labute approximate surface area is 130 Å². The van der Waals surface area contributed by atoms with E-state index in [9.17, 15) is 4.79 Å². The lowest BCUT2D eigenvalue weighted by atomic mass is 10.0. The number of aliphatic carboxylic acids is 1. The van der Waals surface area contributed by atoms with Crippen molar-refractivity contribution in [3.63, 3.8) is 0 Å². The van der Waals surface area contributed by atoms with Crippen LogP contribution >= 0.6 is 23.2 Å². The molecule has 3 nitrogen and oxygen atoms in total. The molecule has 0 radical (unpaired) electrons. The molecule has 5 heteroatoms. The SMILES string of the molecule is CC(C)N(CCCC(=O)O)C(C)c1cccc(Cl)c1Cl. The van der Waals surface area contributed by atoms with Gasteiger partial charge in [0.15, 0.2) is 0 Å². The van der Waals surface area contributed by atoms with Crippen LogP contribution in [0.25, 0.3) is 0 Å². The molecule has 0 heterocycles. The van der Waals surface area contributed by atoms with Crippen LogP contribution in [0.5, 0.6) is 0 Å². The van der Waals surface area contributed by atoms with Crippen molar-refractivity contribution in [2.45, 2.75) is 45.7 Å². The molecule has 1 rings (SSSR count). The van der Waals surface area contributed by atoms with Crippen molar-refractivity contribution in [3.05, 3.63) is 33.8 Å². The van der Waals surface area contributed by atoms with Crippen LogP contribution in [0.3, 0.4) is 0 Å². The summed E-state index contributed by atoms with van der Waals surface area (Å²) in [6.45, 7) is 6.97. The highest BCUT2D eigenvalue weighted by Crippen LogP contribution is 2.33. The van der Waals surface area contributed by atoms with Gasteiger partial charge in [0, 0.05) is 18.5 Å². The normalized spacial score (nSPS) is 12.9. The maximum Gasteiger partial charge on any atom is 0.303 e. The average molecular weight is 318 g/mol. The Morgan fingerprint density at radius 2 is 1.95 bits per heavy atom. The number of carboxylic acids is 1. The predicted octanol–water partition coefficient (Wildman–Crippen LogP) is 4.63. The summed E-state index contributed by atoms with van der Waals surface area (Å²) in [6.07, 6.45) is 0.801. The van der Waals surface area contributed by atoms with E-state index in [0.29, 0.717) is 29.1 Å². The number of hydrogen-bond acceptors (Lipinski definition) is 2. The van der Waals surface area contributed by atoms with Gasteiger partial charge in [-0.15, -0.1) is 0 Å². The zero-order valence-electron chi connectivity index (χ0n) is 12.1. The fourth-order valence-electron chi connectivity index (χ4n) is 2.33. The smallest absolute Gasteiger partial charge is 0.303 e. The first-order chi connectivity index (χ1) is 9.34. The molecule has 112 valence electrons. The molecule has 0 bridgehead atoms. The molecule has 0 amide bonds. The summed E-state index contributed by atoms with van der Waals surface area (Å²) >= 11 is 12.3. The third-order valence-corrected chi connectivity index (χ3v) is 4.23. The van der Waals surface area contributed by atoms with Gasteiger partial charge in [0.05, 0.1) is 10.0 Å². The van der Waals surface area contributed by atoms with Gasteiger partial charge in [-0.3, -0.25) is 9.69 Å². The molecular weight excluding hydrogens is 297 g/mol. The highest BCUT2D eigenvalue weighted by Gasteiger charge is 2.21. The highest BCUT2D eigenvalue weighted by atomic mass is 35.5. The van der Waals surface area contributed by atoms with Gasteiger partial charge in [-0.2, -0.15) is 0 Å². The van der Waals surface area contributed by atoms with Crippen molar-refractivity contribution in [2.75, 3.05) is 6.54 Å². The Kier molecular flexibility index (Phi) is 6.80. The third-order valence-electron chi connectivity index (χ3n) is 3.40. The lowest BCUT2D eigenvalue weighted by Gasteiger charge is -2.33. The van der Waals surface area contributed by atoms with Gasteiger partial charge >= 0.3 is 5.97 Å². The van der Waals surface area contributed by atoms with Crippen LogP contribution in [0.15, 0.2) is 18.2 Å². The van der Waals surface area contributed by atoms with Crippen LogP contribution in [-0.2, 0) is 4.79 Å². The summed E-state index contributed by atoms with van der Waals surface area (Å²) in [5, 5.41) is 9.87. The van der Waals surface area contributed by atoms with Crippen molar-refractivity contribution in [1.29, 1.82) is 0 Å². The Morgan fingerprint density at radius 1 is 1.30 bits per heavy atom. The second-order valence-electron chi connectivity index (χ2n) is 5.15. The number of nitrogens with zero attached hydrogens (tertiary/aromatic N) is 1. The largest absolute Gasteiger partial charge is 0.481 e. The van der Waals surface area contributed by atoms with Gasteiger partial charge in [0.2, 0.25) is 0 Å². The van der Waals surface area contributed by atoms with E-state index >= 15 is 0 Å². The summed E-state index contributed by atoms with van der Waals surface area (Å²) < 4.78 is 0. The summed E-state index contributed by atoms with van der Waals surface area (Å²) in [5.74, 6) is -0.762. The summed E-state index contributed by atoms with van der Waals surface area (Å²) in [7, 11) is 0. The molecule has 0 spiro atoms. The molecule has 1 aromatic carbocycles. The molecule has 0 saturated carbocycles. The van der Waals surface area contributed by atoms with Gasteiger partial charge in [-0.1, -0.05) is 35.3 Å². The van der Waals surface area contributed by atoms with Crippen LogP contribution in [0, 0.1) is 0 Å². The molecular formula is C15H21Cl2NO2. The minimum atomic E-state index is -0.762. The Balaban J connectivity index is 2.85. The predicted molar refractivity (Wildman–Crippen MR) is 83.6 cm³/mol. The summed E-state index contributed by atoms with van der Waals surface area (Å²) in [5.41, 5.74) is 0.975. The molecule has 0 fully saturated rings.